The van der Waals surface area contributed by atoms with Gasteiger partial charge >= 0.3 is 6.03 Å². The van der Waals surface area contributed by atoms with Crippen molar-refractivity contribution in [2.24, 2.45) is 4.99 Å². The lowest BCUT2D eigenvalue weighted by atomic mass is 9.93. The highest BCUT2D eigenvalue weighted by Gasteiger charge is 2.18. The predicted octanol–water partition coefficient (Wildman–Crippen LogP) is 5.33. The largest absolute Gasteiger partial charge is 0.494 e. The lowest BCUT2D eigenvalue weighted by Crippen LogP contribution is -2.19. The summed E-state index contributed by atoms with van der Waals surface area (Å²) in [6, 6.07) is 18.8. The highest BCUT2D eigenvalue weighted by atomic mass is 16.5. The van der Waals surface area contributed by atoms with E-state index >= 15 is 0 Å². The third-order valence-corrected chi connectivity index (χ3v) is 5.61. The van der Waals surface area contributed by atoms with E-state index in [1.54, 1.807) is 26.4 Å². The molecule has 0 unspecified atom stereocenters. The van der Waals surface area contributed by atoms with E-state index in [-0.39, 0.29) is 6.03 Å². The summed E-state index contributed by atoms with van der Waals surface area (Å²) in [5.41, 5.74) is 5.85. The zero-order valence-electron chi connectivity index (χ0n) is 19.7. The Balaban J connectivity index is 1.39. The average molecular weight is 460 g/mol. The number of hydrogen-bond donors (Lipinski definition) is 2. The second kappa shape index (κ2) is 10.7. The van der Waals surface area contributed by atoms with Gasteiger partial charge in [-0.25, -0.2) is 4.79 Å². The standard InChI is InChI=1S/C27H29N3O4/c1-4-34-22-11-9-21(10-12-22)30-27(31)29-20-7-5-18(6-8-20)15-24-23-17-26(33-3)25(32-2)16-19(23)13-14-28-24/h5-12,16-17H,4,13-15H2,1-3H3,(H2,29,30,31). The van der Waals surface area contributed by atoms with Crippen LogP contribution in [0, 0.1) is 0 Å². The zero-order chi connectivity index (χ0) is 23.9. The van der Waals surface area contributed by atoms with Crippen LogP contribution in [0.1, 0.15) is 23.6 Å². The number of aliphatic imine (C=N–C) groups is 1. The smallest absolute Gasteiger partial charge is 0.323 e. The van der Waals surface area contributed by atoms with Gasteiger partial charge in [0.05, 0.1) is 20.8 Å². The highest BCUT2D eigenvalue weighted by Crippen LogP contribution is 2.33. The minimum atomic E-state index is -0.302. The zero-order valence-corrected chi connectivity index (χ0v) is 19.7. The summed E-state index contributed by atoms with van der Waals surface area (Å²) in [7, 11) is 3.29. The molecule has 0 aromatic heterocycles. The minimum Gasteiger partial charge on any atom is -0.494 e. The van der Waals surface area contributed by atoms with Crippen molar-refractivity contribution in [3.63, 3.8) is 0 Å². The van der Waals surface area contributed by atoms with Gasteiger partial charge in [-0.15, -0.1) is 0 Å². The lowest BCUT2D eigenvalue weighted by Gasteiger charge is -2.20. The first-order valence-corrected chi connectivity index (χ1v) is 11.3. The van der Waals surface area contributed by atoms with Gasteiger partial charge in [0.25, 0.3) is 0 Å². The Labute approximate surface area is 199 Å². The number of carbonyl (C=O) groups excluding carboxylic acids is 1. The Morgan fingerprint density at radius 3 is 2.15 bits per heavy atom. The van der Waals surface area contributed by atoms with Crippen molar-refractivity contribution in [2.75, 3.05) is 38.0 Å². The molecule has 0 atom stereocenters. The fraction of sp³-hybridized carbons (Fsp3) is 0.259. The van der Waals surface area contributed by atoms with Crippen molar-refractivity contribution in [1.82, 2.24) is 0 Å². The molecule has 3 aromatic rings. The van der Waals surface area contributed by atoms with Crippen molar-refractivity contribution in [2.45, 2.75) is 19.8 Å². The van der Waals surface area contributed by atoms with E-state index in [2.05, 4.69) is 10.6 Å². The Morgan fingerprint density at radius 2 is 1.53 bits per heavy atom. The molecule has 0 aliphatic carbocycles. The van der Waals surface area contributed by atoms with Crippen molar-refractivity contribution in [1.29, 1.82) is 0 Å². The number of carbonyl (C=O) groups is 1. The van der Waals surface area contributed by atoms with Crippen LogP contribution in [0.3, 0.4) is 0 Å². The minimum absolute atomic E-state index is 0.302. The monoisotopic (exact) mass is 459 g/mol. The summed E-state index contributed by atoms with van der Waals surface area (Å²) in [5, 5.41) is 5.69. The normalized spacial score (nSPS) is 12.3. The van der Waals surface area contributed by atoms with Gasteiger partial charge in [0, 0.05) is 35.6 Å². The molecule has 0 spiro atoms. The van der Waals surface area contributed by atoms with E-state index in [0.717, 1.165) is 41.3 Å². The molecule has 2 amide bonds. The molecular weight excluding hydrogens is 430 g/mol. The third kappa shape index (κ3) is 5.49. The number of ether oxygens (including phenoxy) is 3. The fourth-order valence-electron chi connectivity index (χ4n) is 3.94. The van der Waals surface area contributed by atoms with Crippen molar-refractivity contribution in [3.8, 4) is 17.2 Å². The first kappa shape index (κ1) is 23.2. The quantitative estimate of drug-likeness (QED) is 0.477. The topological polar surface area (TPSA) is 81.2 Å². The van der Waals surface area contributed by atoms with E-state index < -0.39 is 0 Å². The maximum Gasteiger partial charge on any atom is 0.323 e. The Kier molecular flexibility index (Phi) is 7.32. The maximum absolute atomic E-state index is 12.3. The van der Waals surface area contributed by atoms with Crippen LogP contribution in [-0.2, 0) is 12.8 Å². The third-order valence-electron chi connectivity index (χ3n) is 5.61. The molecule has 2 N–H and O–H groups in total. The summed E-state index contributed by atoms with van der Waals surface area (Å²) in [5.74, 6) is 2.21. The molecule has 7 heteroatoms. The first-order valence-electron chi connectivity index (χ1n) is 11.3. The Bertz CT molecular complexity index is 1170. The van der Waals surface area contributed by atoms with Crippen LogP contribution in [0.15, 0.2) is 65.7 Å². The van der Waals surface area contributed by atoms with Gasteiger partial charge in [-0.3, -0.25) is 4.99 Å². The molecular formula is C27H29N3O4. The number of nitrogens with one attached hydrogen (secondary N) is 2. The summed E-state index contributed by atoms with van der Waals surface area (Å²) >= 11 is 0. The van der Waals surface area contributed by atoms with E-state index in [1.165, 1.54) is 5.56 Å². The number of rotatable bonds is 8. The number of amides is 2. The molecule has 1 heterocycles. The van der Waals surface area contributed by atoms with Gasteiger partial charge in [-0.2, -0.15) is 0 Å². The summed E-state index contributed by atoms with van der Waals surface area (Å²) in [4.78, 5) is 17.1. The number of fused-ring (bicyclic) bond motifs is 1. The van der Waals surface area contributed by atoms with Crippen LogP contribution in [0.4, 0.5) is 16.2 Å². The van der Waals surface area contributed by atoms with Gasteiger partial charge in [0.1, 0.15) is 5.75 Å². The summed E-state index contributed by atoms with van der Waals surface area (Å²) < 4.78 is 16.3. The molecule has 0 saturated carbocycles. The molecule has 0 bridgehead atoms. The number of benzene rings is 3. The van der Waals surface area contributed by atoms with Crippen LogP contribution in [-0.4, -0.2) is 39.1 Å². The Hall–Kier alpha value is -4.00. The predicted molar refractivity (Wildman–Crippen MR) is 135 cm³/mol. The van der Waals surface area contributed by atoms with Gasteiger partial charge in [-0.05, 0) is 73.0 Å². The SMILES string of the molecule is CCOc1ccc(NC(=O)Nc2ccc(CC3=NCCc4cc(OC)c(OC)cc43)cc2)cc1. The number of urea groups is 1. The van der Waals surface area contributed by atoms with Crippen LogP contribution >= 0.6 is 0 Å². The molecule has 0 fully saturated rings. The van der Waals surface area contributed by atoms with E-state index in [1.807, 2.05) is 55.5 Å². The fourth-order valence-corrected chi connectivity index (χ4v) is 3.94. The van der Waals surface area contributed by atoms with Crippen LogP contribution in [0.2, 0.25) is 0 Å². The molecule has 3 aromatic carbocycles. The van der Waals surface area contributed by atoms with E-state index in [9.17, 15) is 4.79 Å². The average Bonchev–Trinajstić information content (AvgIpc) is 2.86. The molecule has 0 radical (unpaired) electrons. The summed E-state index contributed by atoms with van der Waals surface area (Å²) in [6.07, 6.45) is 1.58. The number of anilines is 2. The van der Waals surface area contributed by atoms with Gasteiger partial charge in [0.2, 0.25) is 0 Å². The second-order valence-electron chi connectivity index (χ2n) is 7.85. The first-order chi connectivity index (χ1) is 16.6. The highest BCUT2D eigenvalue weighted by molar-refractivity contribution is 6.04. The van der Waals surface area contributed by atoms with E-state index in [0.29, 0.717) is 30.2 Å². The Morgan fingerprint density at radius 1 is 0.912 bits per heavy atom. The van der Waals surface area contributed by atoms with Crippen molar-refractivity contribution < 1.29 is 19.0 Å². The number of nitrogens with zero attached hydrogens (tertiary/aromatic N) is 1. The van der Waals surface area contributed by atoms with Crippen molar-refractivity contribution >= 4 is 23.1 Å². The van der Waals surface area contributed by atoms with Crippen LogP contribution < -0.4 is 24.8 Å². The molecule has 4 rings (SSSR count). The molecule has 1 aliphatic heterocycles. The molecule has 34 heavy (non-hydrogen) atoms. The molecule has 0 saturated heterocycles. The molecule has 176 valence electrons. The van der Waals surface area contributed by atoms with Gasteiger partial charge in [0.15, 0.2) is 11.5 Å². The molecule has 1 aliphatic rings. The molecule has 7 nitrogen and oxygen atoms in total. The van der Waals surface area contributed by atoms with Crippen LogP contribution in [0.25, 0.3) is 0 Å². The summed E-state index contributed by atoms with van der Waals surface area (Å²) in [6.45, 7) is 3.29. The number of hydrogen-bond acceptors (Lipinski definition) is 5. The van der Waals surface area contributed by atoms with Gasteiger partial charge < -0.3 is 24.8 Å². The number of methoxy groups -OCH3 is 2. The van der Waals surface area contributed by atoms with E-state index in [4.69, 9.17) is 19.2 Å². The van der Waals surface area contributed by atoms with Crippen molar-refractivity contribution in [3.05, 3.63) is 77.4 Å². The van der Waals surface area contributed by atoms with Gasteiger partial charge in [-0.1, -0.05) is 12.1 Å². The van der Waals surface area contributed by atoms with Crippen LogP contribution in [0.5, 0.6) is 17.2 Å². The maximum atomic E-state index is 12.3. The lowest BCUT2D eigenvalue weighted by molar-refractivity contribution is 0.262. The second-order valence-corrected chi connectivity index (χ2v) is 7.85.